The third kappa shape index (κ3) is 3.90. The van der Waals surface area contributed by atoms with Gasteiger partial charge in [0.2, 0.25) is 0 Å². The first kappa shape index (κ1) is 26.5. The molecule has 0 saturated carbocycles. The molecule has 0 radical (unpaired) electrons. The maximum Gasteiger partial charge on any atom is 0.148 e. The van der Waals surface area contributed by atoms with Gasteiger partial charge in [0.05, 0.1) is 28.3 Å². The van der Waals surface area contributed by atoms with E-state index in [1.54, 1.807) is 0 Å². The normalized spacial score (nSPS) is 18.2. The van der Waals surface area contributed by atoms with Crippen LogP contribution in [0.1, 0.15) is 18.7 Å². The van der Waals surface area contributed by atoms with Gasteiger partial charge in [-0.15, -0.1) is 0 Å². The second-order valence-electron chi connectivity index (χ2n) is 12.0. The summed E-state index contributed by atoms with van der Waals surface area (Å²) in [5, 5.41) is 6.25. The number of hydrogen-bond acceptors (Lipinski definition) is 2. The van der Waals surface area contributed by atoms with E-state index in [9.17, 15) is 0 Å². The number of nitrogens with zero attached hydrogens (tertiary/aromatic N) is 4. The standard InChI is InChI=1S/C42H32N4/c1-3-32(46-36-19-11-10-18-35(36)43-42(46)30-13-6-4-7-14-30)23-21-28(2)45-37-20-12-15-29-22-24-34-40(39(29)37)38(45)27-31-25-26-44(41(31)34)33-16-8-5-9-17-33/h3-27,36,42H,2H2,1H3/b23-21-,32-3+. The molecule has 2 unspecified atom stereocenters. The van der Waals surface area contributed by atoms with Crippen molar-refractivity contribution in [2.75, 3.05) is 0 Å². The SMILES string of the molecule is C=C(/C=C\C(=C/C)N1C2C=CC=CC2=NC1c1ccccc1)n1c2cccc3ccc4c(c32)c1cc1ccn(-c2ccccc2)c14. The lowest BCUT2D eigenvalue weighted by molar-refractivity contribution is 0.294. The number of hydrogen-bond donors (Lipinski definition) is 0. The number of rotatable bonds is 6. The van der Waals surface area contributed by atoms with Gasteiger partial charge < -0.3 is 14.0 Å². The second kappa shape index (κ2) is 10.4. The number of para-hydroxylation sites is 1. The highest BCUT2D eigenvalue weighted by molar-refractivity contribution is 6.30. The Bertz CT molecular complexity index is 2450. The van der Waals surface area contributed by atoms with E-state index in [1.807, 2.05) is 0 Å². The third-order valence-corrected chi connectivity index (χ3v) is 9.50. The van der Waals surface area contributed by atoms with Crippen molar-refractivity contribution >= 4 is 54.9 Å². The molecule has 2 aliphatic rings. The Labute approximate surface area is 267 Å². The summed E-state index contributed by atoms with van der Waals surface area (Å²) in [6, 6.07) is 36.9. The molecule has 0 N–H and O–H groups in total. The lowest BCUT2D eigenvalue weighted by atomic mass is 10.0. The van der Waals surface area contributed by atoms with E-state index in [0.717, 1.165) is 22.8 Å². The van der Waals surface area contributed by atoms with Gasteiger partial charge in [0.1, 0.15) is 6.17 Å². The molecule has 0 saturated heterocycles. The van der Waals surface area contributed by atoms with Gasteiger partial charge in [-0.2, -0.15) is 0 Å². The molecule has 1 aliphatic carbocycles. The van der Waals surface area contributed by atoms with Gasteiger partial charge in [-0.25, -0.2) is 0 Å². The number of aromatic nitrogens is 2. The maximum absolute atomic E-state index is 5.16. The number of fused-ring (bicyclic) bond motifs is 3. The minimum atomic E-state index is -0.0989. The molecule has 0 fully saturated rings. The fourth-order valence-electron chi connectivity index (χ4n) is 7.48. The highest BCUT2D eigenvalue weighted by Crippen LogP contribution is 2.43. The monoisotopic (exact) mass is 592 g/mol. The van der Waals surface area contributed by atoms with E-state index in [1.165, 1.54) is 49.0 Å². The average molecular weight is 593 g/mol. The fraction of sp³-hybridized carbons (Fsp3) is 0.0714. The first-order valence-corrected chi connectivity index (χ1v) is 15.9. The van der Waals surface area contributed by atoms with Crippen LogP contribution in [0.3, 0.4) is 0 Å². The van der Waals surface area contributed by atoms with Crippen LogP contribution < -0.4 is 0 Å². The molecule has 2 atom stereocenters. The van der Waals surface area contributed by atoms with Gasteiger partial charge in [0.15, 0.2) is 0 Å². The molecule has 1 aliphatic heterocycles. The molecule has 0 amide bonds. The molecule has 4 nitrogen and oxygen atoms in total. The van der Waals surface area contributed by atoms with E-state index in [-0.39, 0.29) is 12.2 Å². The molecule has 4 heteroatoms. The summed E-state index contributed by atoms with van der Waals surface area (Å²) < 4.78 is 4.64. The zero-order chi connectivity index (χ0) is 30.8. The molecular weight excluding hydrogens is 560 g/mol. The minimum absolute atomic E-state index is 0.0831. The van der Waals surface area contributed by atoms with Gasteiger partial charge in [0.25, 0.3) is 0 Å². The van der Waals surface area contributed by atoms with Crippen LogP contribution >= 0.6 is 0 Å². The molecule has 3 heterocycles. The summed E-state index contributed by atoms with van der Waals surface area (Å²) in [5.41, 5.74) is 9.02. The second-order valence-corrected chi connectivity index (χ2v) is 12.0. The molecule has 0 bridgehead atoms. The van der Waals surface area contributed by atoms with Crippen LogP contribution in [0, 0.1) is 0 Å². The highest BCUT2D eigenvalue weighted by atomic mass is 15.3. The smallest absolute Gasteiger partial charge is 0.148 e. The van der Waals surface area contributed by atoms with Gasteiger partial charge in [-0.1, -0.05) is 104 Å². The van der Waals surface area contributed by atoms with Crippen LogP contribution in [0.5, 0.6) is 0 Å². The summed E-state index contributed by atoms with van der Waals surface area (Å²) in [6.07, 6.45) is 17.2. The topological polar surface area (TPSA) is 25.5 Å². The lowest BCUT2D eigenvalue weighted by Gasteiger charge is -2.32. The molecule has 9 rings (SSSR count). The molecule has 0 spiro atoms. The first-order valence-electron chi connectivity index (χ1n) is 15.9. The van der Waals surface area contributed by atoms with Crippen LogP contribution in [0.4, 0.5) is 0 Å². The largest absolute Gasteiger partial charge is 0.334 e. The van der Waals surface area contributed by atoms with Crippen LogP contribution in [-0.4, -0.2) is 25.8 Å². The summed E-state index contributed by atoms with van der Waals surface area (Å²) in [7, 11) is 0. The maximum atomic E-state index is 5.16. The van der Waals surface area contributed by atoms with Crippen molar-refractivity contribution in [3.05, 3.63) is 170 Å². The van der Waals surface area contributed by atoms with Gasteiger partial charge in [-0.3, -0.25) is 4.99 Å². The minimum Gasteiger partial charge on any atom is -0.334 e. The average Bonchev–Trinajstić information content (AvgIpc) is 3.81. The zero-order valence-corrected chi connectivity index (χ0v) is 25.6. The Balaban J connectivity index is 1.17. The molecule has 2 aromatic heterocycles. The van der Waals surface area contributed by atoms with E-state index in [2.05, 4.69) is 179 Å². The van der Waals surface area contributed by atoms with Crippen molar-refractivity contribution in [3.8, 4) is 5.69 Å². The molecular formula is C42H32N4. The summed E-state index contributed by atoms with van der Waals surface area (Å²) in [6.45, 7) is 6.76. The first-order chi connectivity index (χ1) is 22.7. The summed E-state index contributed by atoms with van der Waals surface area (Å²) >= 11 is 0. The number of allylic oxidation sites excluding steroid dienone is 6. The Kier molecular flexibility index (Phi) is 5.97. The van der Waals surface area contributed by atoms with Crippen LogP contribution in [0.25, 0.3) is 54.9 Å². The Morgan fingerprint density at radius 3 is 2.43 bits per heavy atom. The van der Waals surface area contributed by atoms with Crippen molar-refractivity contribution in [1.29, 1.82) is 0 Å². The Hall–Kier alpha value is -5.87. The predicted octanol–water partition coefficient (Wildman–Crippen LogP) is 10.2. The third-order valence-electron chi connectivity index (χ3n) is 9.50. The molecule has 5 aromatic carbocycles. The quantitative estimate of drug-likeness (QED) is 0.139. The number of benzene rings is 5. The predicted molar refractivity (Wildman–Crippen MR) is 194 cm³/mol. The Morgan fingerprint density at radius 2 is 1.61 bits per heavy atom. The van der Waals surface area contributed by atoms with E-state index >= 15 is 0 Å². The van der Waals surface area contributed by atoms with Crippen LogP contribution in [-0.2, 0) is 0 Å². The van der Waals surface area contributed by atoms with Gasteiger partial charge in [-0.05, 0) is 66.4 Å². The lowest BCUT2D eigenvalue weighted by Crippen LogP contribution is -2.34. The van der Waals surface area contributed by atoms with Crippen molar-refractivity contribution < 1.29 is 0 Å². The van der Waals surface area contributed by atoms with Crippen LogP contribution in [0.15, 0.2) is 169 Å². The van der Waals surface area contributed by atoms with Crippen molar-refractivity contribution in [2.45, 2.75) is 19.1 Å². The van der Waals surface area contributed by atoms with E-state index in [4.69, 9.17) is 4.99 Å². The van der Waals surface area contributed by atoms with Gasteiger partial charge >= 0.3 is 0 Å². The van der Waals surface area contributed by atoms with Crippen LogP contribution in [0.2, 0.25) is 0 Å². The van der Waals surface area contributed by atoms with Crippen molar-refractivity contribution in [2.24, 2.45) is 4.99 Å². The number of aliphatic imine (C=N–C) groups is 1. The van der Waals surface area contributed by atoms with Crippen molar-refractivity contribution in [3.63, 3.8) is 0 Å². The Morgan fingerprint density at radius 1 is 0.783 bits per heavy atom. The van der Waals surface area contributed by atoms with E-state index in [0.29, 0.717) is 0 Å². The van der Waals surface area contributed by atoms with Gasteiger partial charge in [0, 0.05) is 44.8 Å². The van der Waals surface area contributed by atoms with E-state index < -0.39 is 0 Å². The fourth-order valence-corrected chi connectivity index (χ4v) is 7.48. The molecule has 46 heavy (non-hydrogen) atoms. The summed E-state index contributed by atoms with van der Waals surface area (Å²) in [5.74, 6) is 0. The zero-order valence-electron chi connectivity index (χ0n) is 25.6. The van der Waals surface area contributed by atoms with Crippen molar-refractivity contribution in [1.82, 2.24) is 14.0 Å². The molecule has 7 aromatic rings. The highest BCUT2D eigenvalue weighted by Gasteiger charge is 2.35. The summed E-state index contributed by atoms with van der Waals surface area (Å²) in [4.78, 5) is 7.57. The molecule has 220 valence electrons.